The molecule has 1 N–H and O–H groups in total. The molecule has 5 nitrogen and oxygen atoms in total. The maximum absolute atomic E-state index is 12.4. The monoisotopic (exact) mass is 326 g/mol. The van der Waals surface area contributed by atoms with Crippen molar-refractivity contribution in [2.45, 2.75) is 26.2 Å². The molecule has 1 aliphatic heterocycles. The van der Waals surface area contributed by atoms with Gasteiger partial charge in [-0.2, -0.15) is 0 Å². The molecule has 0 unspecified atom stereocenters. The number of benzene rings is 1. The van der Waals surface area contributed by atoms with E-state index in [1.807, 2.05) is 24.3 Å². The lowest BCUT2D eigenvalue weighted by atomic mass is 9.95. The number of anilines is 1. The van der Waals surface area contributed by atoms with E-state index in [0.29, 0.717) is 31.5 Å². The van der Waals surface area contributed by atoms with Gasteiger partial charge in [0.2, 0.25) is 5.91 Å². The van der Waals surface area contributed by atoms with E-state index >= 15 is 0 Å². The molecule has 1 aromatic heterocycles. The van der Waals surface area contributed by atoms with Gasteiger partial charge in [-0.05, 0) is 43.0 Å². The summed E-state index contributed by atoms with van der Waals surface area (Å²) in [5.74, 6) is -0.0447. The van der Waals surface area contributed by atoms with Crippen molar-refractivity contribution in [1.29, 1.82) is 0 Å². The minimum atomic E-state index is -0.0516. The third kappa shape index (κ3) is 3.67. The quantitative estimate of drug-likeness (QED) is 0.937. The third-order valence-corrected chi connectivity index (χ3v) is 4.55. The standard InChI is InChI=1S/C19H22N2O3/c1-2-14-3-5-17(6-4-14)20-18(22)15-7-10-21(11-8-15)19(23)16-9-12-24-13-16/h3-6,9,12-13,15H,2,7-8,10-11H2,1H3,(H,20,22). The maximum atomic E-state index is 12.4. The average Bonchev–Trinajstić information content (AvgIpc) is 3.16. The van der Waals surface area contributed by atoms with Crippen LogP contribution >= 0.6 is 0 Å². The van der Waals surface area contributed by atoms with Crippen LogP contribution in [0.1, 0.15) is 35.7 Å². The largest absolute Gasteiger partial charge is 0.472 e. The first-order chi connectivity index (χ1) is 11.7. The summed E-state index contributed by atoms with van der Waals surface area (Å²) in [7, 11) is 0. The Hall–Kier alpha value is -2.56. The van der Waals surface area contributed by atoms with Crippen LogP contribution in [0.4, 0.5) is 5.69 Å². The Kier molecular flexibility index (Phi) is 4.99. The van der Waals surface area contributed by atoms with Gasteiger partial charge in [-0.3, -0.25) is 9.59 Å². The molecule has 2 aromatic rings. The van der Waals surface area contributed by atoms with Gasteiger partial charge in [0.25, 0.3) is 5.91 Å². The van der Waals surface area contributed by atoms with Crippen molar-refractivity contribution in [2.75, 3.05) is 18.4 Å². The van der Waals surface area contributed by atoms with E-state index in [1.54, 1.807) is 11.0 Å². The Balaban J connectivity index is 1.52. The lowest BCUT2D eigenvalue weighted by Gasteiger charge is -2.31. The average molecular weight is 326 g/mol. The Morgan fingerprint density at radius 3 is 2.46 bits per heavy atom. The van der Waals surface area contributed by atoms with Crippen molar-refractivity contribution in [3.8, 4) is 0 Å². The molecule has 0 aliphatic carbocycles. The molecule has 24 heavy (non-hydrogen) atoms. The van der Waals surface area contributed by atoms with Crippen LogP contribution in [-0.4, -0.2) is 29.8 Å². The minimum Gasteiger partial charge on any atom is -0.472 e. The second kappa shape index (κ2) is 7.34. The lowest BCUT2D eigenvalue weighted by molar-refractivity contribution is -0.121. The van der Waals surface area contributed by atoms with Crippen LogP contribution < -0.4 is 5.32 Å². The van der Waals surface area contributed by atoms with Gasteiger partial charge < -0.3 is 14.6 Å². The number of hydrogen-bond donors (Lipinski definition) is 1. The molecule has 3 rings (SSSR count). The molecule has 2 heterocycles. The van der Waals surface area contributed by atoms with Gasteiger partial charge in [0, 0.05) is 24.7 Å². The molecule has 1 saturated heterocycles. The number of nitrogens with zero attached hydrogens (tertiary/aromatic N) is 1. The highest BCUT2D eigenvalue weighted by molar-refractivity contribution is 5.95. The Morgan fingerprint density at radius 2 is 1.88 bits per heavy atom. The van der Waals surface area contributed by atoms with Gasteiger partial charge in [-0.25, -0.2) is 0 Å². The summed E-state index contributed by atoms with van der Waals surface area (Å²) < 4.78 is 4.96. The number of likely N-dealkylation sites (tertiary alicyclic amines) is 1. The predicted octanol–water partition coefficient (Wildman–Crippen LogP) is 3.33. The number of rotatable bonds is 4. The number of amides is 2. The van der Waals surface area contributed by atoms with Gasteiger partial charge in [0.15, 0.2) is 0 Å². The van der Waals surface area contributed by atoms with Crippen molar-refractivity contribution < 1.29 is 14.0 Å². The van der Waals surface area contributed by atoms with Crippen molar-refractivity contribution >= 4 is 17.5 Å². The van der Waals surface area contributed by atoms with Crippen molar-refractivity contribution in [2.24, 2.45) is 5.92 Å². The number of piperidine rings is 1. The van der Waals surface area contributed by atoms with E-state index in [2.05, 4.69) is 12.2 Å². The number of nitrogens with one attached hydrogen (secondary N) is 1. The zero-order valence-corrected chi connectivity index (χ0v) is 13.8. The number of hydrogen-bond acceptors (Lipinski definition) is 3. The fourth-order valence-corrected chi connectivity index (χ4v) is 2.98. The topological polar surface area (TPSA) is 62.6 Å². The van der Waals surface area contributed by atoms with Gasteiger partial charge in [-0.15, -0.1) is 0 Å². The highest BCUT2D eigenvalue weighted by atomic mass is 16.3. The van der Waals surface area contributed by atoms with Crippen LogP contribution in [0.15, 0.2) is 47.3 Å². The van der Waals surface area contributed by atoms with Crippen LogP contribution in [0.25, 0.3) is 0 Å². The van der Waals surface area contributed by atoms with Crippen LogP contribution in [-0.2, 0) is 11.2 Å². The second-order valence-corrected chi connectivity index (χ2v) is 6.12. The van der Waals surface area contributed by atoms with E-state index in [0.717, 1.165) is 12.1 Å². The number of aryl methyl sites for hydroxylation is 1. The molecule has 0 atom stereocenters. The Morgan fingerprint density at radius 1 is 1.17 bits per heavy atom. The van der Waals surface area contributed by atoms with Crippen LogP contribution in [0.3, 0.4) is 0 Å². The fourth-order valence-electron chi connectivity index (χ4n) is 2.98. The SMILES string of the molecule is CCc1ccc(NC(=O)C2CCN(C(=O)c3ccoc3)CC2)cc1. The van der Waals surface area contributed by atoms with Crippen molar-refractivity contribution in [3.63, 3.8) is 0 Å². The highest BCUT2D eigenvalue weighted by Crippen LogP contribution is 2.21. The number of carbonyl (C=O) groups is 2. The van der Waals surface area contributed by atoms with Gasteiger partial charge in [0.1, 0.15) is 6.26 Å². The molecule has 1 aliphatic rings. The van der Waals surface area contributed by atoms with Crippen molar-refractivity contribution in [3.05, 3.63) is 54.0 Å². The summed E-state index contributed by atoms with van der Waals surface area (Å²) in [6.07, 6.45) is 5.31. The molecule has 2 amide bonds. The smallest absolute Gasteiger partial charge is 0.257 e. The molecule has 0 spiro atoms. The molecular weight excluding hydrogens is 304 g/mol. The predicted molar refractivity (Wildman–Crippen MR) is 91.8 cm³/mol. The minimum absolute atomic E-state index is 0.0298. The van der Waals surface area contributed by atoms with E-state index in [1.165, 1.54) is 18.1 Å². The molecular formula is C19H22N2O3. The van der Waals surface area contributed by atoms with E-state index in [9.17, 15) is 9.59 Å². The summed E-state index contributed by atoms with van der Waals surface area (Å²) in [6, 6.07) is 9.60. The molecule has 1 fully saturated rings. The summed E-state index contributed by atoms with van der Waals surface area (Å²) in [4.78, 5) is 26.4. The highest BCUT2D eigenvalue weighted by Gasteiger charge is 2.28. The van der Waals surface area contributed by atoms with Gasteiger partial charge in [0.05, 0.1) is 11.8 Å². The normalized spacial score (nSPS) is 15.3. The van der Waals surface area contributed by atoms with E-state index < -0.39 is 0 Å². The van der Waals surface area contributed by atoms with Gasteiger partial charge in [-0.1, -0.05) is 19.1 Å². The van der Waals surface area contributed by atoms with Gasteiger partial charge >= 0.3 is 0 Å². The zero-order chi connectivity index (χ0) is 16.9. The zero-order valence-electron chi connectivity index (χ0n) is 13.8. The fraction of sp³-hybridized carbons (Fsp3) is 0.368. The van der Waals surface area contributed by atoms with E-state index in [4.69, 9.17) is 4.42 Å². The Bertz CT molecular complexity index is 684. The Labute approximate surface area is 141 Å². The second-order valence-electron chi connectivity index (χ2n) is 6.12. The molecule has 0 radical (unpaired) electrons. The molecule has 5 heteroatoms. The summed E-state index contributed by atoms with van der Waals surface area (Å²) in [6.45, 7) is 3.29. The summed E-state index contributed by atoms with van der Waals surface area (Å²) >= 11 is 0. The first-order valence-electron chi connectivity index (χ1n) is 8.38. The summed E-state index contributed by atoms with van der Waals surface area (Å²) in [5, 5.41) is 2.98. The number of carbonyl (C=O) groups excluding carboxylic acids is 2. The van der Waals surface area contributed by atoms with Crippen LogP contribution in [0.5, 0.6) is 0 Å². The van der Waals surface area contributed by atoms with Crippen molar-refractivity contribution in [1.82, 2.24) is 4.90 Å². The summed E-state index contributed by atoms with van der Waals surface area (Å²) in [5.41, 5.74) is 2.64. The first-order valence-corrected chi connectivity index (χ1v) is 8.38. The van der Waals surface area contributed by atoms with Crippen LogP contribution in [0.2, 0.25) is 0 Å². The lowest BCUT2D eigenvalue weighted by Crippen LogP contribution is -2.41. The van der Waals surface area contributed by atoms with Crippen LogP contribution in [0, 0.1) is 5.92 Å². The first kappa shape index (κ1) is 16.3. The molecule has 0 saturated carbocycles. The molecule has 126 valence electrons. The maximum Gasteiger partial charge on any atom is 0.257 e. The van der Waals surface area contributed by atoms with E-state index in [-0.39, 0.29) is 17.7 Å². The molecule has 0 bridgehead atoms. The molecule has 1 aromatic carbocycles. The number of furan rings is 1. The third-order valence-electron chi connectivity index (χ3n) is 4.55.